The van der Waals surface area contributed by atoms with Gasteiger partial charge >= 0.3 is 6.03 Å². The van der Waals surface area contributed by atoms with Crippen molar-refractivity contribution >= 4 is 17.6 Å². The lowest BCUT2D eigenvalue weighted by Gasteiger charge is -2.37. The van der Waals surface area contributed by atoms with Gasteiger partial charge in [-0.2, -0.15) is 0 Å². The van der Waals surface area contributed by atoms with E-state index in [9.17, 15) is 9.59 Å². The van der Waals surface area contributed by atoms with Crippen LogP contribution in [0.15, 0.2) is 24.3 Å². The van der Waals surface area contributed by atoms with Crippen LogP contribution in [0.25, 0.3) is 0 Å². The number of hydrogen-bond acceptors (Lipinski definition) is 6. The molecule has 28 heavy (non-hydrogen) atoms. The highest BCUT2D eigenvalue weighted by molar-refractivity contribution is 5.75. The van der Waals surface area contributed by atoms with E-state index in [1.807, 2.05) is 18.2 Å². The van der Waals surface area contributed by atoms with Crippen molar-refractivity contribution < 1.29 is 9.59 Å². The molecule has 9 nitrogen and oxygen atoms in total. The number of benzene rings is 1. The molecular weight excluding hydrogens is 358 g/mol. The number of anilines is 1. The Hall–Kier alpha value is -2.36. The van der Waals surface area contributed by atoms with Crippen LogP contribution < -0.4 is 37.2 Å². The van der Waals surface area contributed by atoms with Gasteiger partial charge in [-0.3, -0.25) is 15.4 Å². The predicted octanol–water partition coefficient (Wildman–Crippen LogP) is -0.0232. The number of aryl methyl sites for hydroxylation is 1. The number of rotatable bonds is 6. The Kier molecular flexibility index (Phi) is 7.07. The smallest absolute Gasteiger partial charge is 0.318 e. The fraction of sp³-hybridized carbons (Fsp3) is 0.579. The molecule has 3 rings (SSSR count). The molecular formula is C19H31N7O2. The van der Waals surface area contributed by atoms with Crippen molar-refractivity contribution in [2.45, 2.75) is 57.8 Å². The Bertz CT molecular complexity index is 684. The SMILES string of the molecule is CC(=O)NCCNC1CC(C)NC(NC(=O)NC2CCc3ccccc3N2)N1. The largest absolute Gasteiger partial charge is 0.365 e. The fourth-order valence-electron chi connectivity index (χ4n) is 3.61. The summed E-state index contributed by atoms with van der Waals surface area (Å²) in [5.41, 5.74) is 2.35. The number of carbonyl (C=O) groups excluding carboxylic acids is 2. The normalized spacial score (nSPS) is 26.5. The summed E-state index contributed by atoms with van der Waals surface area (Å²) in [6.45, 7) is 4.82. The Morgan fingerprint density at radius 3 is 2.75 bits per heavy atom. The summed E-state index contributed by atoms with van der Waals surface area (Å²) in [6, 6.07) is 8.17. The molecule has 0 bridgehead atoms. The minimum atomic E-state index is -0.335. The minimum absolute atomic E-state index is 0.0383. The zero-order valence-electron chi connectivity index (χ0n) is 16.5. The molecule has 154 valence electrons. The van der Waals surface area contributed by atoms with E-state index in [4.69, 9.17) is 0 Å². The van der Waals surface area contributed by atoms with Crippen LogP contribution in [-0.4, -0.2) is 49.7 Å². The molecule has 0 aliphatic carbocycles. The van der Waals surface area contributed by atoms with E-state index in [0.717, 1.165) is 24.9 Å². The first-order valence-electron chi connectivity index (χ1n) is 9.91. The number of carbonyl (C=O) groups is 2. The van der Waals surface area contributed by atoms with Gasteiger partial charge in [0.1, 0.15) is 12.5 Å². The minimum Gasteiger partial charge on any atom is -0.365 e. The topological polar surface area (TPSA) is 118 Å². The highest BCUT2D eigenvalue weighted by atomic mass is 16.2. The highest BCUT2D eigenvalue weighted by Gasteiger charge is 2.26. The molecule has 4 unspecified atom stereocenters. The molecule has 1 saturated heterocycles. The molecule has 1 fully saturated rings. The molecule has 0 spiro atoms. The van der Waals surface area contributed by atoms with Crippen LogP contribution in [0.5, 0.6) is 0 Å². The second-order valence-corrected chi connectivity index (χ2v) is 7.40. The van der Waals surface area contributed by atoms with Crippen LogP contribution in [0.4, 0.5) is 10.5 Å². The van der Waals surface area contributed by atoms with Crippen molar-refractivity contribution in [3.8, 4) is 0 Å². The van der Waals surface area contributed by atoms with E-state index in [0.29, 0.717) is 13.1 Å². The van der Waals surface area contributed by atoms with E-state index in [1.165, 1.54) is 12.5 Å². The third kappa shape index (κ3) is 6.08. The standard InChI is InChI=1S/C19H31N7O2/c1-12-11-17(21-10-9-20-13(2)27)24-18(22-12)26-19(28)25-16-8-7-14-5-3-4-6-15(14)23-16/h3-6,12,16-18,21-24H,7-11H2,1-2H3,(H,20,27)(H2,25,26,28). The van der Waals surface area contributed by atoms with Crippen LogP contribution in [-0.2, 0) is 11.2 Å². The first kappa shape index (κ1) is 20.4. The average molecular weight is 390 g/mol. The van der Waals surface area contributed by atoms with E-state index >= 15 is 0 Å². The van der Waals surface area contributed by atoms with Crippen molar-refractivity contribution in [1.82, 2.24) is 31.9 Å². The summed E-state index contributed by atoms with van der Waals surface area (Å²) in [7, 11) is 0. The Labute approximate surface area is 165 Å². The van der Waals surface area contributed by atoms with Gasteiger partial charge in [0, 0.05) is 31.7 Å². The molecule has 0 radical (unpaired) electrons. The second-order valence-electron chi connectivity index (χ2n) is 7.40. The molecule has 0 saturated carbocycles. The van der Waals surface area contributed by atoms with E-state index in [-0.39, 0.29) is 36.6 Å². The molecule has 1 aromatic rings. The summed E-state index contributed by atoms with van der Waals surface area (Å²) < 4.78 is 0. The van der Waals surface area contributed by atoms with E-state index < -0.39 is 0 Å². The maximum absolute atomic E-state index is 12.4. The zero-order valence-corrected chi connectivity index (χ0v) is 16.5. The molecule has 2 aliphatic heterocycles. The van der Waals surface area contributed by atoms with Crippen LogP contribution in [0.1, 0.15) is 32.3 Å². The number of urea groups is 1. The van der Waals surface area contributed by atoms with Gasteiger partial charge in [0.2, 0.25) is 5.91 Å². The summed E-state index contributed by atoms with van der Waals surface area (Å²) in [6.07, 6.45) is 2.28. The van der Waals surface area contributed by atoms with Crippen molar-refractivity contribution in [3.05, 3.63) is 29.8 Å². The van der Waals surface area contributed by atoms with Crippen LogP contribution in [0, 0.1) is 0 Å². The maximum Gasteiger partial charge on any atom is 0.318 e. The van der Waals surface area contributed by atoms with Gasteiger partial charge in [-0.05, 0) is 37.8 Å². The van der Waals surface area contributed by atoms with Crippen molar-refractivity contribution in [2.75, 3.05) is 18.4 Å². The molecule has 2 aliphatic rings. The first-order chi connectivity index (χ1) is 13.5. The molecule has 7 N–H and O–H groups in total. The summed E-state index contributed by atoms with van der Waals surface area (Å²) >= 11 is 0. The van der Waals surface area contributed by atoms with Gasteiger partial charge in [0.05, 0.1) is 6.17 Å². The van der Waals surface area contributed by atoms with Crippen molar-refractivity contribution in [2.24, 2.45) is 0 Å². The first-order valence-corrected chi connectivity index (χ1v) is 9.91. The van der Waals surface area contributed by atoms with Crippen LogP contribution >= 0.6 is 0 Å². The number of fused-ring (bicyclic) bond motifs is 1. The highest BCUT2D eigenvalue weighted by Crippen LogP contribution is 2.23. The van der Waals surface area contributed by atoms with Gasteiger partial charge in [0.15, 0.2) is 0 Å². The second kappa shape index (κ2) is 9.72. The molecule has 4 atom stereocenters. The fourth-order valence-corrected chi connectivity index (χ4v) is 3.61. The maximum atomic E-state index is 12.4. The summed E-state index contributed by atoms with van der Waals surface area (Å²) in [4.78, 5) is 23.4. The van der Waals surface area contributed by atoms with Gasteiger partial charge in [0.25, 0.3) is 0 Å². The average Bonchev–Trinajstić information content (AvgIpc) is 2.64. The molecule has 0 aromatic heterocycles. The third-order valence-corrected chi connectivity index (χ3v) is 4.93. The van der Waals surface area contributed by atoms with Crippen LogP contribution in [0.2, 0.25) is 0 Å². The quantitative estimate of drug-likeness (QED) is 0.344. The molecule has 3 amide bonds. The third-order valence-electron chi connectivity index (χ3n) is 4.93. The van der Waals surface area contributed by atoms with E-state index in [2.05, 4.69) is 50.2 Å². The lowest BCUT2D eigenvalue weighted by Crippen LogP contribution is -2.68. The Morgan fingerprint density at radius 2 is 1.93 bits per heavy atom. The predicted molar refractivity (Wildman–Crippen MR) is 108 cm³/mol. The van der Waals surface area contributed by atoms with Crippen molar-refractivity contribution in [1.29, 1.82) is 0 Å². The number of hydrogen-bond donors (Lipinski definition) is 7. The summed E-state index contributed by atoms with van der Waals surface area (Å²) in [5.74, 6) is -0.0383. The summed E-state index contributed by atoms with van der Waals surface area (Å²) in [5, 5.41) is 22.1. The van der Waals surface area contributed by atoms with Gasteiger partial charge in [-0.25, -0.2) is 4.79 Å². The number of amides is 3. The Morgan fingerprint density at radius 1 is 1.11 bits per heavy atom. The van der Waals surface area contributed by atoms with Crippen molar-refractivity contribution in [3.63, 3.8) is 0 Å². The molecule has 9 heteroatoms. The lowest BCUT2D eigenvalue weighted by molar-refractivity contribution is -0.118. The van der Waals surface area contributed by atoms with Crippen LogP contribution in [0.3, 0.4) is 0 Å². The zero-order chi connectivity index (χ0) is 19.9. The Balaban J connectivity index is 1.42. The molecule has 1 aromatic carbocycles. The lowest BCUT2D eigenvalue weighted by atomic mass is 10.0. The molecule has 2 heterocycles. The van der Waals surface area contributed by atoms with Gasteiger partial charge < -0.3 is 26.6 Å². The monoisotopic (exact) mass is 389 g/mol. The van der Waals surface area contributed by atoms with Gasteiger partial charge in [-0.15, -0.1) is 0 Å². The number of nitrogens with one attached hydrogen (secondary N) is 7. The number of para-hydroxylation sites is 1. The van der Waals surface area contributed by atoms with E-state index in [1.54, 1.807) is 0 Å². The van der Waals surface area contributed by atoms with Gasteiger partial charge in [-0.1, -0.05) is 18.2 Å².